The molecule has 0 aliphatic carbocycles. The van der Waals surface area contributed by atoms with Gasteiger partial charge in [-0.2, -0.15) is 0 Å². The summed E-state index contributed by atoms with van der Waals surface area (Å²) in [4.78, 5) is 23.1. The topological polar surface area (TPSA) is 105 Å². The Morgan fingerprint density at radius 1 is 1.26 bits per heavy atom. The minimum Gasteiger partial charge on any atom is -0.395 e. The molecular formula is C21H34N4O4S2. The summed E-state index contributed by atoms with van der Waals surface area (Å²) in [5.74, 6) is 0.330. The van der Waals surface area contributed by atoms with E-state index in [0.29, 0.717) is 36.9 Å². The minimum atomic E-state index is -0.419. The van der Waals surface area contributed by atoms with Gasteiger partial charge in [0.2, 0.25) is 0 Å². The zero-order valence-electron chi connectivity index (χ0n) is 18.7. The van der Waals surface area contributed by atoms with Gasteiger partial charge in [-0.25, -0.2) is 4.99 Å². The lowest BCUT2D eigenvalue weighted by Gasteiger charge is -2.10. The Morgan fingerprint density at radius 2 is 1.97 bits per heavy atom. The van der Waals surface area contributed by atoms with Gasteiger partial charge in [0.15, 0.2) is 10.9 Å². The van der Waals surface area contributed by atoms with Crippen molar-refractivity contribution >= 4 is 40.5 Å². The maximum atomic E-state index is 12.8. The molecule has 3 N–H and O–H groups in total. The molecule has 0 spiro atoms. The zero-order valence-corrected chi connectivity index (χ0v) is 20.4. The molecule has 174 valence electrons. The molecule has 0 atom stereocenters. The number of methoxy groups -OCH3 is 1. The van der Waals surface area contributed by atoms with Crippen LogP contribution in [0.15, 0.2) is 52.1 Å². The van der Waals surface area contributed by atoms with Gasteiger partial charge in [-0.15, -0.1) is 0 Å². The SMILES string of the molecule is C=CN=C(NC(=O)/C(=N/OCCCOC)c1ccc(SNCCO)cc1)SCC.CC. The van der Waals surface area contributed by atoms with Crippen molar-refractivity contribution in [1.29, 1.82) is 0 Å². The highest BCUT2D eigenvalue weighted by molar-refractivity contribution is 8.13. The van der Waals surface area contributed by atoms with E-state index in [4.69, 9.17) is 14.7 Å². The van der Waals surface area contributed by atoms with Crippen molar-refractivity contribution < 1.29 is 19.5 Å². The Labute approximate surface area is 194 Å². The van der Waals surface area contributed by atoms with Crippen LogP contribution >= 0.6 is 23.7 Å². The lowest BCUT2D eigenvalue weighted by Crippen LogP contribution is -2.35. The molecule has 31 heavy (non-hydrogen) atoms. The molecule has 0 aliphatic rings. The number of carbonyl (C=O) groups is 1. The van der Waals surface area contributed by atoms with Crippen molar-refractivity contribution in [2.24, 2.45) is 10.1 Å². The second-order valence-electron chi connectivity index (χ2n) is 5.37. The van der Waals surface area contributed by atoms with Crippen molar-refractivity contribution in [3.8, 4) is 0 Å². The van der Waals surface area contributed by atoms with E-state index in [1.54, 1.807) is 19.2 Å². The quantitative estimate of drug-likeness (QED) is 0.133. The Morgan fingerprint density at radius 3 is 2.55 bits per heavy atom. The molecule has 8 nitrogen and oxygen atoms in total. The number of thioether (sulfide) groups is 1. The maximum Gasteiger partial charge on any atom is 0.279 e. The highest BCUT2D eigenvalue weighted by Crippen LogP contribution is 2.16. The number of ether oxygens (including phenoxy) is 1. The summed E-state index contributed by atoms with van der Waals surface area (Å²) in [5.41, 5.74) is 0.760. The number of nitrogens with one attached hydrogen (secondary N) is 2. The third kappa shape index (κ3) is 13.2. The van der Waals surface area contributed by atoms with Crippen LogP contribution in [0.3, 0.4) is 0 Å². The van der Waals surface area contributed by atoms with E-state index >= 15 is 0 Å². The van der Waals surface area contributed by atoms with Gasteiger partial charge in [-0.1, -0.05) is 56.4 Å². The van der Waals surface area contributed by atoms with Crippen molar-refractivity contribution in [3.05, 3.63) is 42.6 Å². The number of rotatable bonds is 13. The first-order valence-corrected chi connectivity index (χ1v) is 11.9. The van der Waals surface area contributed by atoms with E-state index in [9.17, 15) is 4.79 Å². The predicted octanol–water partition coefficient (Wildman–Crippen LogP) is 3.43. The molecule has 1 aromatic carbocycles. The van der Waals surface area contributed by atoms with Crippen LogP contribution in [0.5, 0.6) is 0 Å². The van der Waals surface area contributed by atoms with Crippen LogP contribution in [0.2, 0.25) is 0 Å². The lowest BCUT2D eigenvalue weighted by atomic mass is 10.1. The molecular weight excluding hydrogens is 436 g/mol. The van der Waals surface area contributed by atoms with Crippen LogP contribution in [-0.4, -0.2) is 61.1 Å². The molecule has 0 radical (unpaired) electrons. The van der Waals surface area contributed by atoms with Gasteiger partial charge in [-0.3, -0.25) is 14.8 Å². The zero-order chi connectivity index (χ0) is 23.3. The lowest BCUT2D eigenvalue weighted by molar-refractivity contribution is -0.113. The van der Waals surface area contributed by atoms with Crippen molar-refractivity contribution in [2.75, 3.05) is 39.2 Å². The predicted molar refractivity (Wildman–Crippen MR) is 132 cm³/mol. The molecule has 1 rings (SSSR count). The number of hydrogen-bond acceptors (Lipinski definition) is 9. The van der Waals surface area contributed by atoms with Gasteiger partial charge in [0, 0.05) is 43.3 Å². The second kappa shape index (κ2) is 20.1. The van der Waals surface area contributed by atoms with Gasteiger partial charge in [-0.05, 0) is 29.8 Å². The Hall–Kier alpha value is -1.85. The van der Waals surface area contributed by atoms with E-state index in [1.807, 2.05) is 32.9 Å². The molecule has 1 aromatic rings. The largest absolute Gasteiger partial charge is 0.395 e. The number of amides is 1. The summed E-state index contributed by atoms with van der Waals surface area (Å²) < 4.78 is 8.00. The number of carbonyl (C=O) groups excluding carboxylic acids is 1. The summed E-state index contributed by atoms with van der Waals surface area (Å²) in [7, 11) is 1.61. The first-order chi connectivity index (χ1) is 15.2. The van der Waals surface area contributed by atoms with Crippen molar-refractivity contribution in [2.45, 2.75) is 32.1 Å². The van der Waals surface area contributed by atoms with E-state index in [0.717, 1.165) is 10.6 Å². The summed E-state index contributed by atoms with van der Waals surface area (Å²) in [6.07, 6.45) is 2.04. The highest BCUT2D eigenvalue weighted by atomic mass is 32.2. The summed E-state index contributed by atoms with van der Waals surface area (Å²) in [6.45, 7) is 11.0. The van der Waals surface area contributed by atoms with Crippen LogP contribution in [-0.2, 0) is 14.4 Å². The first-order valence-electron chi connectivity index (χ1n) is 10.1. The fourth-order valence-corrected chi connectivity index (χ4v) is 3.17. The van der Waals surface area contributed by atoms with Gasteiger partial charge >= 0.3 is 0 Å². The number of nitrogens with zero attached hydrogens (tertiary/aromatic N) is 2. The van der Waals surface area contributed by atoms with Crippen LogP contribution < -0.4 is 10.0 Å². The summed E-state index contributed by atoms with van der Waals surface area (Å²) in [6, 6.07) is 7.30. The Balaban J connectivity index is 0.00000436. The molecule has 10 heteroatoms. The molecule has 0 heterocycles. The first kappa shape index (κ1) is 29.1. The minimum absolute atomic E-state index is 0.0623. The van der Waals surface area contributed by atoms with Crippen LogP contribution in [0.25, 0.3) is 0 Å². The van der Waals surface area contributed by atoms with Crippen LogP contribution in [0.1, 0.15) is 32.8 Å². The van der Waals surface area contributed by atoms with Gasteiger partial charge in [0.1, 0.15) is 6.61 Å². The average Bonchev–Trinajstić information content (AvgIpc) is 2.79. The third-order valence-electron chi connectivity index (χ3n) is 3.20. The van der Waals surface area contributed by atoms with Crippen molar-refractivity contribution in [3.63, 3.8) is 0 Å². The fourth-order valence-electron chi connectivity index (χ4n) is 1.95. The summed E-state index contributed by atoms with van der Waals surface area (Å²) >= 11 is 2.79. The molecule has 0 saturated carbocycles. The third-order valence-corrected chi connectivity index (χ3v) is 4.82. The highest BCUT2D eigenvalue weighted by Gasteiger charge is 2.17. The normalized spacial score (nSPS) is 11.4. The number of oxime groups is 1. The molecule has 0 fully saturated rings. The number of aliphatic hydroxyl groups excluding tert-OH is 1. The van der Waals surface area contributed by atoms with Crippen LogP contribution in [0.4, 0.5) is 0 Å². The van der Waals surface area contributed by atoms with E-state index in [1.165, 1.54) is 29.9 Å². The van der Waals surface area contributed by atoms with E-state index in [2.05, 4.69) is 26.8 Å². The molecule has 0 aliphatic heterocycles. The van der Waals surface area contributed by atoms with Crippen LogP contribution in [0, 0.1) is 0 Å². The molecule has 1 amide bonds. The number of benzene rings is 1. The smallest absolute Gasteiger partial charge is 0.279 e. The average molecular weight is 471 g/mol. The monoisotopic (exact) mass is 470 g/mol. The number of aliphatic hydroxyl groups is 1. The van der Waals surface area contributed by atoms with Gasteiger partial charge < -0.3 is 14.7 Å². The number of hydrogen-bond donors (Lipinski definition) is 3. The standard InChI is InChI=1S/C19H28N4O4S2.C2H6/c1-4-20-19(28-5-2)22-18(25)17(23-27-14-6-13-26-3)15-7-9-16(10-8-15)29-21-11-12-24;1-2/h4,7-10,21,24H,1,5-6,11-14H2,2-3H3,(H,20,22,25);1-2H3/b23-17+;. The second-order valence-corrected chi connectivity index (χ2v) is 7.58. The van der Waals surface area contributed by atoms with E-state index < -0.39 is 5.91 Å². The Bertz CT molecular complexity index is 682. The maximum absolute atomic E-state index is 12.8. The fraction of sp³-hybridized carbons (Fsp3) is 0.476. The van der Waals surface area contributed by atoms with E-state index in [-0.39, 0.29) is 12.3 Å². The molecule has 0 aromatic heterocycles. The molecule has 0 unspecified atom stereocenters. The van der Waals surface area contributed by atoms with Gasteiger partial charge in [0.05, 0.1) is 6.61 Å². The molecule has 0 bridgehead atoms. The summed E-state index contributed by atoms with van der Waals surface area (Å²) in [5, 5.41) is 16.1. The number of aliphatic imine (C=N–C) groups is 1. The molecule has 0 saturated heterocycles. The van der Waals surface area contributed by atoms with Crippen molar-refractivity contribution in [1.82, 2.24) is 10.0 Å². The van der Waals surface area contributed by atoms with Gasteiger partial charge in [0.25, 0.3) is 5.91 Å². The number of amidine groups is 1. The Kier molecular flexibility index (Phi) is 18.9.